The number of rotatable bonds is 7. The van der Waals surface area contributed by atoms with Gasteiger partial charge in [-0.25, -0.2) is 9.18 Å². The lowest BCUT2D eigenvalue weighted by Crippen LogP contribution is -2.54. The standard InChI is InChI=1S/C23H24F4N2O4/c1-15-12-28(8-9-29(15)21(30)10-16-2-5-19(24)6-3-16)13-17-11-18(23(25,26)27)4-7-20(17)33-14-22(31)32/h2-7,11,15H,8-10,12-14H2,1H3,(H,31,32)/t15-/m0/s1. The van der Waals surface area contributed by atoms with Gasteiger partial charge >= 0.3 is 12.1 Å². The summed E-state index contributed by atoms with van der Waals surface area (Å²) in [5.74, 6) is -1.65. The molecule has 0 spiro atoms. The number of nitrogens with zero attached hydrogens (tertiary/aromatic N) is 2. The number of alkyl halides is 3. The molecule has 2 aromatic carbocycles. The van der Waals surface area contributed by atoms with E-state index in [9.17, 15) is 27.2 Å². The first kappa shape index (κ1) is 24.5. The maximum absolute atomic E-state index is 13.2. The van der Waals surface area contributed by atoms with Gasteiger partial charge in [0.15, 0.2) is 6.61 Å². The Morgan fingerprint density at radius 1 is 1.12 bits per heavy atom. The zero-order valence-corrected chi connectivity index (χ0v) is 17.9. The quantitative estimate of drug-likeness (QED) is 0.629. The van der Waals surface area contributed by atoms with Gasteiger partial charge in [0.1, 0.15) is 11.6 Å². The number of aliphatic carboxylic acids is 1. The van der Waals surface area contributed by atoms with Crippen LogP contribution in [0, 0.1) is 5.82 Å². The number of carbonyl (C=O) groups is 2. The van der Waals surface area contributed by atoms with E-state index in [1.807, 2.05) is 11.8 Å². The van der Waals surface area contributed by atoms with E-state index >= 15 is 0 Å². The molecule has 3 rings (SSSR count). The summed E-state index contributed by atoms with van der Waals surface area (Å²) in [5.41, 5.74) is 0.0749. The molecule has 1 aliphatic heterocycles. The number of carboxylic acids is 1. The molecule has 0 unspecified atom stereocenters. The van der Waals surface area contributed by atoms with Gasteiger partial charge < -0.3 is 14.7 Å². The fourth-order valence-electron chi connectivity index (χ4n) is 3.83. The van der Waals surface area contributed by atoms with E-state index in [4.69, 9.17) is 9.84 Å². The van der Waals surface area contributed by atoms with Gasteiger partial charge in [-0.15, -0.1) is 0 Å². The van der Waals surface area contributed by atoms with E-state index in [0.717, 1.165) is 18.2 Å². The zero-order valence-electron chi connectivity index (χ0n) is 17.9. The van der Waals surface area contributed by atoms with Crippen molar-refractivity contribution < 1.29 is 37.0 Å². The second-order valence-electron chi connectivity index (χ2n) is 7.98. The average Bonchev–Trinajstić information content (AvgIpc) is 2.73. The van der Waals surface area contributed by atoms with Gasteiger partial charge in [-0.1, -0.05) is 12.1 Å². The fraction of sp³-hybridized carbons (Fsp3) is 0.391. The molecule has 1 fully saturated rings. The Hall–Kier alpha value is -3.14. The third kappa shape index (κ3) is 6.67. The van der Waals surface area contributed by atoms with E-state index < -0.39 is 24.3 Å². The summed E-state index contributed by atoms with van der Waals surface area (Å²) < 4.78 is 57.8. The highest BCUT2D eigenvalue weighted by atomic mass is 19.4. The number of halogens is 4. The van der Waals surface area contributed by atoms with Crippen molar-refractivity contribution in [3.8, 4) is 5.75 Å². The summed E-state index contributed by atoms with van der Waals surface area (Å²) in [5, 5.41) is 8.83. The second-order valence-corrected chi connectivity index (χ2v) is 7.98. The van der Waals surface area contributed by atoms with Crippen LogP contribution < -0.4 is 4.74 Å². The first-order chi connectivity index (χ1) is 15.5. The van der Waals surface area contributed by atoms with Crippen LogP contribution in [0.4, 0.5) is 17.6 Å². The molecule has 1 atom stereocenters. The van der Waals surface area contributed by atoms with E-state index in [2.05, 4.69) is 0 Å². The van der Waals surface area contributed by atoms with E-state index in [0.29, 0.717) is 25.2 Å². The molecule has 0 radical (unpaired) electrons. The summed E-state index contributed by atoms with van der Waals surface area (Å²) in [6.45, 7) is 2.52. The van der Waals surface area contributed by atoms with Gasteiger partial charge in [0.25, 0.3) is 0 Å². The summed E-state index contributed by atoms with van der Waals surface area (Å²) in [6, 6.07) is 8.46. The first-order valence-corrected chi connectivity index (χ1v) is 10.3. The van der Waals surface area contributed by atoms with Crippen molar-refractivity contribution in [1.29, 1.82) is 0 Å². The van der Waals surface area contributed by atoms with Crippen molar-refractivity contribution in [2.24, 2.45) is 0 Å². The Bertz CT molecular complexity index is 995. The first-order valence-electron chi connectivity index (χ1n) is 10.3. The second kappa shape index (κ2) is 10.2. The van der Waals surface area contributed by atoms with Crippen LogP contribution in [0.5, 0.6) is 5.75 Å². The van der Waals surface area contributed by atoms with E-state index in [1.54, 1.807) is 17.0 Å². The molecule has 178 valence electrons. The van der Waals surface area contributed by atoms with Gasteiger partial charge in [0.2, 0.25) is 5.91 Å². The number of hydrogen-bond acceptors (Lipinski definition) is 4. The number of carboxylic acid groups (broad SMARTS) is 1. The van der Waals surface area contributed by atoms with Gasteiger partial charge in [-0.2, -0.15) is 13.2 Å². The minimum absolute atomic E-state index is 0.0767. The molecule has 0 bridgehead atoms. The minimum atomic E-state index is -4.54. The predicted molar refractivity (Wildman–Crippen MR) is 111 cm³/mol. The summed E-state index contributed by atoms with van der Waals surface area (Å²) in [6.07, 6.45) is -4.41. The van der Waals surface area contributed by atoms with Crippen molar-refractivity contribution in [2.45, 2.75) is 32.1 Å². The highest BCUT2D eigenvalue weighted by Crippen LogP contribution is 2.33. The molecule has 6 nitrogen and oxygen atoms in total. The predicted octanol–water partition coefficient (Wildman–Crippen LogP) is 3.58. The molecule has 0 aromatic heterocycles. The van der Waals surface area contributed by atoms with Crippen molar-refractivity contribution in [3.63, 3.8) is 0 Å². The highest BCUT2D eigenvalue weighted by Gasteiger charge is 2.32. The highest BCUT2D eigenvalue weighted by molar-refractivity contribution is 5.79. The van der Waals surface area contributed by atoms with Crippen LogP contribution in [0.25, 0.3) is 0 Å². The maximum Gasteiger partial charge on any atom is 0.416 e. The molecular formula is C23H24F4N2O4. The molecule has 0 saturated carbocycles. The molecule has 1 saturated heterocycles. The van der Waals surface area contributed by atoms with Crippen molar-refractivity contribution in [2.75, 3.05) is 26.2 Å². The van der Waals surface area contributed by atoms with Crippen molar-refractivity contribution in [3.05, 3.63) is 65.0 Å². The largest absolute Gasteiger partial charge is 0.482 e. The number of piperazine rings is 1. The molecule has 1 heterocycles. The number of hydrogen-bond donors (Lipinski definition) is 1. The normalized spacial score (nSPS) is 17.1. The lowest BCUT2D eigenvalue weighted by atomic mass is 10.1. The molecule has 1 amide bonds. The fourth-order valence-corrected chi connectivity index (χ4v) is 3.83. The van der Waals surface area contributed by atoms with E-state index in [-0.39, 0.29) is 42.0 Å². The van der Waals surface area contributed by atoms with Crippen LogP contribution in [0.1, 0.15) is 23.6 Å². The molecule has 1 N–H and O–H groups in total. The Balaban J connectivity index is 1.67. The van der Waals surface area contributed by atoms with Crippen LogP contribution in [-0.2, 0) is 28.7 Å². The monoisotopic (exact) mass is 468 g/mol. The summed E-state index contributed by atoms with van der Waals surface area (Å²) in [4.78, 5) is 27.1. The molecule has 1 aliphatic rings. The van der Waals surface area contributed by atoms with Crippen LogP contribution in [0.15, 0.2) is 42.5 Å². The number of carbonyl (C=O) groups excluding carboxylic acids is 1. The van der Waals surface area contributed by atoms with Crippen LogP contribution in [0.2, 0.25) is 0 Å². The van der Waals surface area contributed by atoms with Crippen LogP contribution in [-0.4, -0.2) is 59.1 Å². The number of amides is 1. The molecule has 0 aliphatic carbocycles. The Morgan fingerprint density at radius 3 is 2.42 bits per heavy atom. The molecule has 10 heteroatoms. The van der Waals surface area contributed by atoms with Gasteiger partial charge in [-0.05, 0) is 42.8 Å². The SMILES string of the molecule is C[C@H]1CN(Cc2cc(C(F)(F)F)ccc2OCC(=O)O)CCN1C(=O)Cc1ccc(F)cc1. The smallest absolute Gasteiger partial charge is 0.416 e. The van der Waals surface area contributed by atoms with Crippen molar-refractivity contribution in [1.82, 2.24) is 9.80 Å². The molecule has 33 heavy (non-hydrogen) atoms. The Labute approximate surface area is 188 Å². The van der Waals surface area contributed by atoms with Gasteiger partial charge in [-0.3, -0.25) is 9.69 Å². The van der Waals surface area contributed by atoms with E-state index in [1.165, 1.54) is 12.1 Å². The third-order valence-electron chi connectivity index (χ3n) is 5.43. The Morgan fingerprint density at radius 2 is 1.82 bits per heavy atom. The topological polar surface area (TPSA) is 70.1 Å². The Kier molecular flexibility index (Phi) is 7.57. The van der Waals surface area contributed by atoms with Crippen molar-refractivity contribution >= 4 is 11.9 Å². The lowest BCUT2D eigenvalue weighted by molar-refractivity contribution is -0.140. The minimum Gasteiger partial charge on any atom is -0.482 e. The summed E-state index contributed by atoms with van der Waals surface area (Å²) in [7, 11) is 0. The summed E-state index contributed by atoms with van der Waals surface area (Å²) >= 11 is 0. The number of ether oxygens (including phenoxy) is 1. The number of benzene rings is 2. The third-order valence-corrected chi connectivity index (χ3v) is 5.43. The molecule has 2 aromatic rings. The zero-order chi connectivity index (χ0) is 24.2. The maximum atomic E-state index is 13.2. The van der Waals surface area contributed by atoms with Crippen LogP contribution in [0.3, 0.4) is 0 Å². The van der Waals surface area contributed by atoms with Gasteiger partial charge in [0.05, 0.1) is 12.0 Å². The van der Waals surface area contributed by atoms with Gasteiger partial charge in [0, 0.05) is 37.8 Å². The lowest BCUT2D eigenvalue weighted by Gasteiger charge is -2.40. The molecular weight excluding hydrogens is 444 g/mol. The van der Waals surface area contributed by atoms with Crippen LogP contribution >= 0.6 is 0 Å². The average molecular weight is 468 g/mol.